The van der Waals surface area contributed by atoms with Crippen molar-refractivity contribution in [1.82, 2.24) is 14.6 Å². The molecule has 0 spiro atoms. The van der Waals surface area contributed by atoms with Crippen LogP contribution in [0.4, 0.5) is 0 Å². The fourth-order valence-corrected chi connectivity index (χ4v) is 2.19. The number of hydrogen-bond donors (Lipinski definition) is 0. The maximum Gasteiger partial charge on any atom is 0.168 e. The fourth-order valence-electron chi connectivity index (χ4n) is 2.19. The van der Waals surface area contributed by atoms with Crippen molar-refractivity contribution >= 4 is 5.65 Å². The van der Waals surface area contributed by atoms with Gasteiger partial charge in [-0.3, -0.25) is 4.40 Å². The van der Waals surface area contributed by atoms with Crippen LogP contribution in [-0.2, 0) is 6.42 Å². The molecule has 0 amide bonds. The number of rotatable bonds is 2. The van der Waals surface area contributed by atoms with Crippen LogP contribution in [0.1, 0.15) is 18.1 Å². The third-order valence-corrected chi connectivity index (χ3v) is 3.18. The van der Waals surface area contributed by atoms with Crippen LogP contribution >= 0.6 is 0 Å². The lowest BCUT2D eigenvalue weighted by Gasteiger charge is -2.05. The molecule has 0 aliphatic rings. The van der Waals surface area contributed by atoms with Gasteiger partial charge in [-0.1, -0.05) is 31.2 Å². The summed E-state index contributed by atoms with van der Waals surface area (Å²) >= 11 is 0. The van der Waals surface area contributed by atoms with Crippen LogP contribution in [0, 0.1) is 11.3 Å². The monoisotopic (exact) mass is 248 g/mol. The topological polar surface area (TPSA) is 54.0 Å². The highest BCUT2D eigenvalue weighted by Gasteiger charge is 2.11. The molecule has 3 rings (SSSR count). The Morgan fingerprint density at radius 2 is 2.05 bits per heavy atom. The lowest BCUT2D eigenvalue weighted by atomic mass is 10.0. The van der Waals surface area contributed by atoms with E-state index in [4.69, 9.17) is 5.26 Å². The number of hydrogen-bond acceptors (Lipinski definition) is 3. The lowest BCUT2D eigenvalue weighted by molar-refractivity contribution is 1.08. The minimum atomic E-state index is 0.593. The second-order valence-corrected chi connectivity index (χ2v) is 4.29. The first-order valence-corrected chi connectivity index (χ1v) is 6.16. The average Bonchev–Trinajstić information content (AvgIpc) is 2.89. The van der Waals surface area contributed by atoms with Crippen molar-refractivity contribution in [2.45, 2.75) is 13.3 Å². The minimum absolute atomic E-state index is 0.593. The molecular weight excluding hydrogens is 236 g/mol. The Balaban J connectivity index is 2.24. The van der Waals surface area contributed by atoms with Crippen molar-refractivity contribution < 1.29 is 0 Å². The van der Waals surface area contributed by atoms with E-state index in [2.05, 4.69) is 29.3 Å². The number of nitriles is 1. The summed E-state index contributed by atoms with van der Waals surface area (Å²) in [5.41, 5.74) is 3.61. The highest BCUT2D eigenvalue weighted by molar-refractivity contribution is 5.64. The first kappa shape index (κ1) is 11.4. The molecule has 0 radical (unpaired) electrons. The standard InChI is InChI=1S/C15H12N4/c1-2-12-5-3-4-6-13(12)15-18-17-14-9-11(10-16)7-8-19(14)15/h3-9H,2H2,1H3. The van der Waals surface area contributed by atoms with Gasteiger partial charge in [0.25, 0.3) is 0 Å². The van der Waals surface area contributed by atoms with Gasteiger partial charge in [-0.05, 0) is 18.1 Å². The maximum atomic E-state index is 8.90. The van der Waals surface area contributed by atoms with Crippen molar-refractivity contribution in [3.8, 4) is 17.5 Å². The molecule has 0 saturated heterocycles. The highest BCUT2D eigenvalue weighted by atomic mass is 15.2. The molecule has 2 aromatic heterocycles. The quantitative estimate of drug-likeness (QED) is 0.700. The molecular formula is C15H12N4. The van der Waals surface area contributed by atoms with Crippen LogP contribution in [0.5, 0.6) is 0 Å². The Morgan fingerprint density at radius 1 is 1.21 bits per heavy atom. The van der Waals surface area contributed by atoms with E-state index >= 15 is 0 Å². The molecule has 19 heavy (non-hydrogen) atoms. The highest BCUT2D eigenvalue weighted by Crippen LogP contribution is 2.23. The Morgan fingerprint density at radius 3 is 2.84 bits per heavy atom. The van der Waals surface area contributed by atoms with Crippen molar-refractivity contribution in [3.63, 3.8) is 0 Å². The molecule has 0 aliphatic heterocycles. The lowest BCUT2D eigenvalue weighted by Crippen LogP contribution is -1.93. The molecule has 0 fully saturated rings. The van der Waals surface area contributed by atoms with Crippen molar-refractivity contribution in [1.29, 1.82) is 5.26 Å². The smallest absolute Gasteiger partial charge is 0.168 e. The SMILES string of the molecule is CCc1ccccc1-c1nnc2cc(C#N)ccn12. The van der Waals surface area contributed by atoms with Crippen LogP contribution in [0.3, 0.4) is 0 Å². The maximum absolute atomic E-state index is 8.90. The zero-order valence-electron chi connectivity index (χ0n) is 10.5. The van der Waals surface area contributed by atoms with E-state index in [0.29, 0.717) is 11.2 Å². The van der Waals surface area contributed by atoms with Gasteiger partial charge in [0.15, 0.2) is 11.5 Å². The van der Waals surface area contributed by atoms with Crippen molar-refractivity contribution in [2.24, 2.45) is 0 Å². The predicted molar refractivity (Wildman–Crippen MR) is 72.5 cm³/mol. The third-order valence-electron chi connectivity index (χ3n) is 3.18. The fraction of sp³-hybridized carbons (Fsp3) is 0.133. The van der Waals surface area contributed by atoms with Gasteiger partial charge in [0.05, 0.1) is 11.6 Å². The molecule has 2 heterocycles. The number of fused-ring (bicyclic) bond motifs is 1. The second kappa shape index (κ2) is 4.54. The Kier molecular flexibility index (Phi) is 2.73. The van der Waals surface area contributed by atoms with Gasteiger partial charge in [0, 0.05) is 17.8 Å². The summed E-state index contributed by atoms with van der Waals surface area (Å²) < 4.78 is 1.91. The molecule has 4 heteroatoms. The predicted octanol–water partition coefficient (Wildman–Crippen LogP) is 2.83. The normalized spacial score (nSPS) is 10.5. The molecule has 3 aromatic rings. The summed E-state index contributed by atoms with van der Waals surface area (Å²) in [5, 5.41) is 17.3. The molecule has 0 bridgehead atoms. The zero-order chi connectivity index (χ0) is 13.2. The van der Waals surface area contributed by atoms with Crippen LogP contribution in [-0.4, -0.2) is 14.6 Å². The van der Waals surface area contributed by atoms with E-state index in [1.807, 2.05) is 28.8 Å². The summed E-state index contributed by atoms with van der Waals surface area (Å²) in [6.45, 7) is 2.12. The van der Waals surface area contributed by atoms with E-state index in [0.717, 1.165) is 17.8 Å². The number of nitrogens with zero attached hydrogens (tertiary/aromatic N) is 4. The summed E-state index contributed by atoms with van der Waals surface area (Å²) in [6, 6.07) is 13.8. The van der Waals surface area contributed by atoms with Gasteiger partial charge >= 0.3 is 0 Å². The van der Waals surface area contributed by atoms with Gasteiger partial charge in [0.2, 0.25) is 0 Å². The second-order valence-electron chi connectivity index (χ2n) is 4.29. The van der Waals surface area contributed by atoms with Gasteiger partial charge in [-0.2, -0.15) is 5.26 Å². The van der Waals surface area contributed by atoms with Gasteiger partial charge in [-0.15, -0.1) is 10.2 Å². The molecule has 1 aromatic carbocycles. The van der Waals surface area contributed by atoms with E-state index < -0.39 is 0 Å². The van der Waals surface area contributed by atoms with Gasteiger partial charge in [0.1, 0.15) is 0 Å². The number of pyridine rings is 1. The van der Waals surface area contributed by atoms with Crippen molar-refractivity contribution in [3.05, 3.63) is 53.7 Å². The zero-order valence-corrected chi connectivity index (χ0v) is 10.5. The number of benzene rings is 1. The summed E-state index contributed by atoms with van der Waals surface area (Å²) in [4.78, 5) is 0. The molecule has 0 unspecified atom stereocenters. The molecule has 0 N–H and O–H groups in total. The molecule has 92 valence electrons. The van der Waals surface area contributed by atoms with E-state index in [-0.39, 0.29) is 0 Å². The summed E-state index contributed by atoms with van der Waals surface area (Å²) in [6.07, 6.45) is 2.79. The number of aryl methyl sites for hydroxylation is 1. The van der Waals surface area contributed by atoms with Gasteiger partial charge in [-0.25, -0.2) is 0 Å². The molecule has 0 saturated carbocycles. The Hall–Kier alpha value is -2.67. The molecule has 4 nitrogen and oxygen atoms in total. The Labute approximate surface area is 111 Å². The first-order chi connectivity index (χ1) is 9.33. The Bertz CT molecular complexity index is 780. The van der Waals surface area contributed by atoms with Crippen LogP contribution in [0.15, 0.2) is 42.6 Å². The largest absolute Gasteiger partial charge is 0.282 e. The van der Waals surface area contributed by atoms with Crippen LogP contribution in [0.25, 0.3) is 17.0 Å². The van der Waals surface area contributed by atoms with E-state index in [1.54, 1.807) is 12.1 Å². The summed E-state index contributed by atoms with van der Waals surface area (Å²) in [5.74, 6) is 0.817. The first-order valence-electron chi connectivity index (χ1n) is 6.16. The van der Waals surface area contributed by atoms with E-state index in [1.165, 1.54) is 5.56 Å². The van der Waals surface area contributed by atoms with Crippen molar-refractivity contribution in [2.75, 3.05) is 0 Å². The van der Waals surface area contributed by atoms with Crippen LogP contribution < -0.4 is 0 Å². The molecule has 0 aliphatic carbocycles. The van der Waals surface area contributed by atoms with Crippen LogP contribution in [0.2, 0.25) is 0 Å². The minimum Gasteiger partial charge on any atom is -0.282 e. The van der Waals surface area contributed by atoms with Gasteiger partial charge < -0.3 is 0 Å². The average molecular weight is 248 g/mol. The van der Waals surface area contributed by atoms with E-state index in [9.17, 15) is 0 Å². The summed E-state index contributed by atoms with van der Waals surface area (Å²) in [7, 11) is 0. The number of aromatic nitrogens is 3. The third kappa shape index (κ3) is 1.85. The molecule has 0 atom stereocenters.